The first kappa shape index (κ1) is 23.3. The minimum absolute atomic E-state index is 0.0925. The number of piperazine rings is 1. The lowest BCUT2D eigenvalue weighted by atomic mass is 10.1. The number of hydrogen-bond acceptors (Lipinski definition) is 7. The number of aryl methyl sites for hydroxylation is 3. The maximum absolute atomic E-state index is 12.8. The number of benzene rings is 1. The van der Waals surface area contributed by atoms with Gasteiger partial charge in [0.15, 0.2) is 0 Å². The zero-order chi connectivity index (χ0) is 23.5. The van der Waals surface area contributed by atoms with Crippen molar-refractivity contribution < 1.29 is 14.3 Å². The number of thiophene rings is 1. The lowest BCUT2D eigenvalue weighted by Gasteiger charge is -2.35. The normalized spacial score (nSPS) is 14.6. The number of nitrogens with one attached hydrogen (secondary N) is 1. The second-order valence-corrected chi connectivity index (χ2v) is 9.51. The van der Waals surface area contributed by atoms with Crippen LogP contribution in [0.25, 0.3) is 10.2 Å². The first-order valence-electron chi connectivity index (χ1n) is 11.1. The molecule has 0 bridgehead atoms. The standard InChI is InChI=1S/C24H30N4O4S/c1-15-16(2)33-24-22(15)23(30)25-20(26-24)7-8-21(29)28-11-9-27(10-12-28)14-17-13-18(31-3)5-6-19(17)32-4/h5-6,13H,7-12,14H2,1-4H3,(H,25,26,30). The van der Waals surface area contributed by atoms with Gasteiger partial charge in [0, 0.05) is 56.0 Å². The first-order chi connectivity index (χ1) is 15.9. The van der Waals surface area contributed by atoms with Gasteiger partial charge in [0.1, 0.15) is 22.2 Å². The number of aromatic amines is 1. The summed E-state index contributed by atoms with van der Waals surface area (Å²) in [5, 5.41) is 0.663. The van der Waals surface area contributed by atoms with Crippen molar-refractivity contribution in [3.63, 3.8) is 0 Å². The van der Waals surface area contributed by atoms with E-state index in [1.807, 2.05) is 36.9 Å². The van der Waals surface area contributed by atoms with Crippen LogP contribution in [0.2, 0.25) is 0 Å². The number of ether oxygens (including phenoxy) is 2. The fourth-order valence-corrected chi connectivity index (χ4v) is 5.25. The molecule has 8 nitrogen and oxygen atoms in total. The van der Waals surface area contributed by atoms with Crippen molar-refractivity contribution in [1.82, 2.24) is 19.8 Å². The number of rotatable bonds is 7. The summed E-state index contributed by atoms with van der Waals surface area (Å²) in [6.45, 7) is 7.62. The molecule has 0 aliphatic carbocycles. The van der Waals surface area contributed by atoms with E-state index in [1.165, 1.54) is 11.3 Å². The van der Waals surface area contributed by atoms with E-state index in [0.29, 0.717) is 37.1 Å². The number of fused-ring (bicyclic) bond motifs is 1. The Morgan fingerprint density at radius 2 is 1.91 bits per heavy atom. The number of aromatic nitrogens is 2. The van der Waals surface area contributed by atoms with Gasteiger partial charge in [0.05, 0.1) is 19.6 Å². The molecule has 9 heteroatoms. The Balaban J connectivity index is 1.32. The van der Waals surface area contributed by atoms with E-state index in [9.17, 15) is 9.59 Å². The maximum Gasteiger partial charge on any atom is 0.259 e. The maximum atomic E-state index is 12.8. The van der Waals surface area contributed by atoms with Gasteiger partial charge < -0.3 is 19.4 Å². The van der Waals surface area contributed by atoms with Crippen molar-refractivity contribution in [2.45, 2.75) is 33.2 Å². The van der Waals surface area contributed by atoms with Gasteiger partial charge >= 0.3 is 0 Å². The predicted molar refractivity (Wildman–Crippen MR) is 129 cm³/mol. The number of nitrogens with zero attached hydrogens (tertiary/aromatic N) is 3. The molecule has 0 atom stereocenters. The number of amides is 1. The molecule has 1 aliphatic rings. The largest absolute Gasteiger partial charge is 0.497 e. The molecule has 1 saturated heterocycles. The van der Waals surface area contributed by atoms with Gasteiger partial charge in [-0.15, -0.1) is 11.3 Å². The molecule has 1 amide bonds. The molecule has 0 saturated carbocycles. The van der Waals surface area contributed by atoms with Crippen molar-refractivity contribution in [1.29, 1.82) is 0 Å². The highest BCUT2D eigenvalue weighted by atomic mass is 32.1. The van der Waals surface area contributed by atoms with Crippen LogP contribution in [-0.4, -0.2) is 66.1 Å². The smallest absolute Gasteiger partial charge is 0.259 e. The van der Waals surface area contributed by atoms with E-state index < -0.39 is 0 Å². The fourth-order valence-electron chi connectivity index (χ4n) is 4.20. The van der Waals surface area contributed by atoms with E-state index >= 15 is 0 Å². The Hall–Kier alpha value is -2.91. The number of carbonyl (C=O) groups is 1. The molecule has 33 heavy (non-hydrogen) atoms. The average Bonchev–Trinajstić information content (AvgIpc) is 3.11. The van der Waals surface area contributed by atoms with Gasteiger partial charge in [-0.1, -0.05) is 0 Å². The van der Waals surface area contributed by atoms with Crippen LogP contribution in [0, 0.1) is 13.8 Å². The van der Waals surface area contributed by atoms with Gasteiger partial charge in [-0.3, -0.25) is 14.5 Å². The highest BCUT2D eigenvalue weighted by molar-refractivity contribution is 7.18. The summed E-state index contributed by atoms with van der Waals surface area (Å²) in [5.74, 6) is 2.31. The van der Waals surface area contributed by atoms with E-state index in [-0.39, 0.29) is 11.5 Å². The van der Waals surface area contributed by atoms with Crippen LogP contribution in [0.3, 0.4) is 0 Å². The zero-order valence-corrected chi connectivity index (χ0v) is 20.4. The van der Waals surface area contributed by atoms with Crippen LogP contribution in [0.5, 0.6) is 11.5 Å². The van der Waals surface area contributed by atoms with E-state index in [2.05, 4.69) is 14.9 Å². The predicted octanol–water partition coefficient (Wildman–Crippen LogP) is 2.90. The quantitative estimate of drug-likeness (QED) is 0.571. The highest BCUT2D eigenvalue weighted by Crippen LogP contribution is 2.27. The average molecular weight is 471 g/mol. The minimum atomic E-state index is -0.120. The number of carbonyl (C=O) groups excluding carboxylic acids is 1. The SMILES string of the molecule is COc1ccc(OC)c(CN2CCN(C(=O)CCc3nc4sc(C)c(C)c4c(=O)[nH]3)CC2)c1. The van der Waals surface area contributed by atoms with E-state index in [4.69, 9.17) is 9.47 Å². The summed E-state index contributed by atoms with van der Waals surface area (Å²) in [6.07, 6.45) is 0.767. The van der Waals surface area contributed by atoms with Gasteiger partial charge in [0.2, 0.25) is 5.91 Å². The molecule has 2 aromatic heterocycles. The minimum Gasteiger partial charge on any atom is -0.497 e. The third-order valence-electron chi connectivity index (χ3n) is 6.27. The van der Waals surface area contributed by atoms with Gasteiger partial charge in [-0.25, -0.2) is 4.98 Å². The summed E-state index contributed by atoms with van der Waals surface area (Å²) in [4.78, 5) is 38.7. The van der Waals surface area contributed by atoms with Crippen LogP contribution in [-0.2, 0) is 17.8 Å². The highest BCUT2D eigenvalue weighted by Gasteiger charge is 2.22. The second kappa shape index (κ2) is 9.93. The van der Waals surface area contributed by atoms with Crippen LogP contribution in [0.4, 0.5) is 0 Å². The number of H-pyrrole nitrogens is 1. The van der Waals surface area contributed by atoms with Gasteiger partial charge in [-0.05, 0) is 37.6 Å². The van der Waals surface area contributed by atoms with Crippen LogP contribution < -0.4 is 15.0 Å². The van der Waals surface area contributed by atoms with Crippen molar-refractivity contribution in [3.8, 4) is 11.5 Å². The molecular weight excluding hydrogens is 440 g/mol. The van der Waals surface area contributed by atoms with Gasteiger partial charge in [-0.2, -0.15) is 0 Å². The summed E-state index contributed by atoms with van der Waals surface area (Å²) in [7, 11) is 3.32. The molecule has 3 aromatic rings. The van der Waals surface area contributed by atoms with Crippen molar-refractivity contribution in [2.75, 3.05) is 40.4 Å². The fraction of sp³-hybridized carbons (Fsp3) is 0.458. The van der Waals surface area contributed by atoms with Crippen LogP contribution in [0.15, 0.2) is 23.0 Å². The van der Waals surface area contributed by atoms with Crippen molar-refractivity contribution in [3.05, 3.63) is 50.4 Å². The van der Waals surface area contributed by atoms with Crippen LogP contribution >= 0.6 is 11.3 Å². The molecule has 0 unspecified atom stereocenters. The Bertz CT molecular complexity index is 1210. The molecule has 1 fully saturated rings. The molecule has 0 radical (unpaired) electrons. The molecule has 0 spiro atoms. The molecule has 3 heterocycles. The molecule has 1 aromatic carbocycles. The first-order valence-corrected chi connectivity index (χ1v) is 11.9. The van der Waals surface area contributed by atoms with E-state index in [1.54, 1.807) is 14.2 Å². The summed E-state index contributed by atoms with van der Waals surface area (Å²) in [5.41, 5.74) is 1.93. The summed E-state index contributed by atoms with van der Waals surface area (Å²) in [6, 6.07) is 5.81. The lowest BCUT2D eigenvalue weighted by molar-refractivity contribution is -0.133. The number of methoxy groups -OCH3 is 2. The molecular formula is C24H30N4O4S. The third kappa shape index (κ3) is 5.04. The lowest BCUT2D eigenvalue weighted by Crippen LogP contribution is -2.48. The Kier molecular flexibility index (Phi) is 6.99. The Morgan fingerprint density at radius 1 is 1.15 bits per heavy atom. The number of hydrogen-bond donors (Lipinski definition) is 1. The Morgan fingerprint density at radius 3 is 2.61 bits per heavy atom. The van der Waals surface area contributed by atoms with Crippen molar-refractivity contribution >= 4 is 27.5 Å². The Labute approximate surface area is 197 Å². The molecule has 1 aliphatic heterocycles. The third-order valence-corrected chi connectivity index (χ3v) is 7.37. The monoisotopic (exact) mass is 470 g/mol. The summed E-state index contributed by atoms with van der Waals surface area (Å²) < 4.78 is 10.8. The topological polar surface area (TPSA) is 87.8 Å². The zero-order valence-electron chi connectivity index (χ0n) is 19.6. The molecule has 176 valence electrons. The van der Waals surface area contributed by atoms with Crippen LogP contribution in [0.1, 0.15) is 28.2 Å². The second-order valence-electron chi connectivity index (χ2n) is 8.31. The summed E-state index contributed by atoms with van der Waals surface area (Å²) >= 11 is 1.53. The van der Waals surface area contributed by atoms with E-state index in [0.717, 1.165) is 52.0 Å². The van der Waals surface area contributed by atoms with Crippen molar-refractivity contribution in [2.24, 2.45) is 0 Å². The molecule has 4 rings (SSSR count). The molecule has 1 N–H and O–H groups in total. The van der Waals surface area contributed by atoms with Gasteiger partial charge in [0.25, 0.3) is 5.56 Å².